The monoisotopic (exact) mass is 1220 g/mol. The summed E-state index contributed by atoms with van der Waals surface area (Å²) in [7, 11) is 6.47. The van der Waals surface area contributed by atoms with Crippen LogP contribution in [0.1, 0.15) is 188 Å². The van der Waals surface area contributed by atoms with Gasteiger partial charge in [0.15, 0.2) is 18.6 Å². The van der Waals surface area contributed by atoms with Crippen molar-refractivity contribution in [3.63, 3.8) is 0 Å². The quantitative estimate of drug-likeness (QED) is 0.128. The van der Waals surface area contributed by atoms with Crippen LogP contribution in [0.25, 0.3) is 67.2 Å². The Labute approximate surface area is 554 Å². The number of fused-ring (bicyclic) bond motifs is 12. The fraction of sp³-hybridized carbons (Fsp3) is 0.427. The van der Waals surface area contributed by atoms with E-state index < -0.39 is 5.89 Å². The van der Waals surface area contributed by atoms with Crippen LogP contribution in [-0.2, 0) is 26.6 Å². The highest BCUT2D eigenvalue weighted by Gasteiger charge is 2.51. The molecule has 10 fully saturated rings. The van der Waals surface area contributed by atoms with E-state index in [0.717, 1.165) is 60.2 Å². The second-order valence-electron chi connectivity index (χ2n) is 30.5. The maximum atomic E-state index is 9.56. The van der Waals surface area contributed by atoms with Gasteiger partial charge in [0.1, 0.15) is 21.1 Å². The molecule has 9 aromatic rings. The van der Waals surface area contributed by atoms with Crippen LogP contribution >= 0.6 is 0 Å². The maximum Gasteiger partial charge on any atom is 0.212 e. The van der Waals surface area contributed by atoms with Crippen LogP contribution in [0, 0.1) is 62.2 Å². The Kier molecular flexibility index (Phi) is 18.4. The van der Waals surface area contributed by atoms with Crippen LogP contribution in [0.3, 0.4) is 0 Å². The predicted octanol–water partition coefficient (Wildman–Crippen LogP) is 21.9. The number of aromatic nitrogens is 3. The van der Waals surface area contributed by atoms with Crippen molar-refractivity contribution >= 4 is 0 Å². The van der Waals surface area contributed by atoms with E-state index in [1.54, 1.807) is 11.1 Å². The standard InChI is InChI=1S/2C30H36N.C29H32N/c2*1-22-8-3-4-15-29(22)30-17-16-27(21-31(30)2)25-13-7-14-26(20-25)28-18-23-9-5-10-24(19-28)12-6-11-23;1-20-5-3-4-6-27(20)28-12-9-25(19-30(28)2)24-7-10-26(11-8-24)29-16-21-13-22(17-29)15-23(14-21)18-29/h2*3-4,7-8,13-17,20-21,23-24,28H,5-6,9-12,18-19H2,1-2H3;3-12,19,21-23H,13-18H2,1-2H3/q3*+1/i28D;;. The third-order valence-corrected chi connectivity index (χ3v) is 24.0. The van der Waals surface area contributed by atoms with Gasteiger partial charge in [0.05, 0.1) is 0 Å². The summed E-state index contributed by atoms with van der Waals surface area (Å²) in [4.78, 5) is 0. The van der Waals surface area contributed by atoms with Crippen LogP contribution in [0.15, 0.2) is 201 Å². The van der Waals surface area contributed by atoms with Gasteiger partial charge in [-0.3, -0.25) is 0 Å². The highest BCUT2D eigenvalue weighted by atomic mass is 14.9. The highest BCUT2D eigenvalue weighted by molar-refractivity contribution is 5.69. The minimum atomic E-state index is -0.435. The van der Waals surface area contributed by atoms with E-state index in [1.165, 1.54) is 218 Å². The number of benzene rings is 6. The van der Waals surface area contributed by atoms with E-state index in [-0.39, 0.29) is 0 Å². The SMILES string of the molecule is Cc1ccccc1-c1ccc(-c2ccc(C34CC5CC(CC(C5)C3)C4)cc2)c[n+]1C.Cc1ccccc1-c1ccc(-c2cccc(C3CC4CCCC(CCC4)C3)c2)c[n+]1C.[2H]C1(c2cccc(-c3ccc(-c4ccccc4C)[n+](C)c3)c2)CC2CCCC(CCC2)C1. The Morgan fingerprint density at radius 3 is 1.07 bits per heavy atom. The Balaban J connectivity index is 0.000000121. The number of rotatable bonds is 9. The molecular formula is C89H104N3+3. The first kappa shape index (κ1) is 61.0. The minimum absolute atomic E-state index is 0.435. The van der Waals surface area contributed by atoms with Gasteiger partial charge < -0.3 is 0 Å². The van der Waals surface area contributed by atoms with Crippen molar-refractivity contribution in [1.29, 1.82) is 0 Å². The molecule has 0 amide bonds. The molecule has 3 heterocycles. The Morgan fingerprint density at radius 1 is 0.326 bits per heavy atom. The summed E-state index contributed by atoms with van der Waals surface area (Å²) >= 11 is 0. The second kappa shape index (κ2) is 27.8. The molecule has 10 aliphatic rings. The lowest BCUT2D eigenvalue weighted by Gasteiger charge is -2.57. The van der Waals surface area contributed by atoms with E-state index in [1.807, 2.05) is 0 Å². The molecule has 3 nitrogen and oxygen atoms in total. The van der Waals surface area contributed by atoms with E-state index in [4.69, 9.17) is 0 Å². The van der Waals surface area contributed by atoms with Gasteiger partial charge in [-0.2, -0.15) is 0 Å². The lowest BCUT2D eigenvalue weighted by Crippen LogP contribution is -2.48. The Bertz CT molecular complexity index is 3990. The van der Waals surface area contributed by atoms with Crippen molar-refractivity contribution < 1.29 is 15.1 Å². The lowest BCUT2D eigenvalue weighted by molar-refractivity contribution is -0.660. The number of nitrogens with zero attached hydrogens (tertiary/aromatic N) is 3. The average molecular weight is 1220 g/mol. The third kappa shape index (κ3) is 13.9. The summed E-state index contributed by atoms with van der Waals surface area (Å²) in [6.07, 6.45) is 37.4. The number of aryl methyl sites for hydroxylation is 6. The van der Waals surface area contributed by atoms with Gasteiger partial charge in [0, 0.05) is 53.0 Å². The molecule has 0 unspecified atom stereocenters. The molecular weight excluding hydrogens is 1110 g/mol. The summed E-state index contributed by atoms with van der Waals surface area (Å²) in [5.74, 6) is 6.66. The minimum Gasteiger partial charge on any atom is -0.200 e. The van der Waals surface area contributed by atoms with Gasteiger partial charge in [0.25, 0.3) is 0 Å². The predicted molar refractivity (Wildman–Crippen MR) is 383 cm³/mol. The molecule has 3 heteroatoms. The summed E-state index contributed by atoms with van der Waals surface area (Å²) in [5.41, 5.74) is 24.3. The number of hydrogen-bond acceptors (Lipinski definition) is 0. The fourth-order valence-corrected chi connectivity index (χ4v) is 19.6. The molecule has 0 aliphatic heterocycles. The van der Waals surface area contributed by atoms with E-state index in [9.17, 15) is 1.37 Å². The number of pyridine rings is 3. The summed E-state index contributed by atoms with van der Waals surface area (Å²) in [6, 6.07) is 67.5. The van der Waals surface area contributed by atoms with Gasteiger partial charge in [-0.05, 0) is 230 Å². The van der Waals surface area contributed by atoms with E-state index >= 15 is 0 Å². The second-order valence-corrected chi connectivity index (χ2v) is 30.5. The van der Waals surface area contributed by atoms with Crippen LogP contribution in [0.2, 0.25) is 0 Å². The molecule has 6 aromatic carbocycles. The van der Waals surface area contributed by atoms with Crippen molar-refractivity contribution in [2.24, 2.45) is 62.6 Å². The maximum absolute atomic E-state index is 9.56. The zero-order chi connectivity index (χ0) is 63.6. The molecule has 10 saturated carbocycles. The molecule has 3 aromatic heterocycles. The molecule has 0 spiro atoms. The molecule has 0 atom stereocenters. The van der Waals surface area contributed by atoms with Gasteiger partial charge in [-0.15, -0.1) is 0 Å². The van der Waals surface area contributed by atoms with Gasteiger partial charge in [-0.1, -0.05) is 204 Å². The molecule has 0 saturated heterocycles. The first-order chi connectivity index (χ1) is 45.3. The lowest BCUT2D eigenvalue weighted by atomic mass is 9.48. The first-order valence-electron chi connectivity index (χ1n) is 36.8. The van der Waals surface area contributed by atoms with Gasteiger partial charge in [-0.25, -0.2) is 13.7 Å². The molecule has 92 heavy (non-hydrogen) atoms. The summed E-state index contributed by atoms with van der Waals surface area (Å²) < 4.78 is 16.4. The molecule has 10 aliphatic carbocycles. The van der Waals surface area contributed by atoms with Gasteiger partial charge in [0.2, 0.25) is 17.1 Å². The average Bonchev–Trinajstić information content (AvgIpc) is 0.766. The van der Waals surface area contributed by atoms with Crippen LogP contribution in [-0.4, -0.2) is 0 Å². The Hall–Kier alpha value is -7.23. The third-order valence-electron chi connectivity index (χ3n) is 24.0. The summed E-state index contributed by atoms with van der Waals surface area (Å²) in [5, 5.41) is 0. The molecule has 19 rings (SSSR count). The zero-order valence-electron chi connectivity index (χ0n) is 57.6. The van der Waals surface area contributed by atoms with Crippen LogP contribution in [0.4, 0.5) is 0 Å². The number of hydrogen-bond donors (Lipinski definition) is 0. The van der Waals surface area contributed by atoms with E-state index in [2.05, 4.69) is 256 Å². The van der Waals surface area contributed by atoms with Gasteiger partial charge >= 0.3 is 0 Å². The summed E-state index contributed by atoms with van der Waals surface area (Å²) in [6.45, 7) is 6.55. The molecule has 0 radical (unpaired) electrons. The van der Waals surface area contributed by atoms with Crippen LogP contribution in [0.5, 0.6) is 0 Å². The molecule has 472 valence electrons. The highest BCUT2D eigenvalue weighted by Crippen LogP contribution is 2.61. The van der Waals surface area contributed by atoms with Crippen molar-refractivity contribution in [3.8, 4) is 67.2 Å². The first-order valence-corrected chi connectivity index (χ1v) is 36.3. The zero-order valence-corrected chi connectivity index (χ0v) is 56.6. The van der Waals surface area contributed by atoms with Crippen molar-refractivity contribution in [3.05, 3.63) is 234 Å². The fourth-order valence-electron chi connectivity index (χ4n) is 19.6. The van der Waals surface area contributed by atoms with Crippen molar-refractivity contribution in [2.75, 3.05) is 0 Å². The normalized spacial score (nSPS) is 26.5. The van der Waals surface area contributed by atoms with E-state index in [0.29, 0.717) is 5.41 Å². The largest absolute Gasteiger partial charge is 0.212 e. The Morgan fingerprint density at radius 2 is 0.674 bits per heavy atom. The van der Waals surface area contributed by atoms with Crippen molar-refractivity contribution in [2.45, 2.75) is 179 Å². The molecule has 8 bridgehead atoms. The van der Waals surface area contributed by atoms with Crippen molar-refractivity contribution in [1.82, 2.24) is 0 Å². The van der Waals surface area contributed by atoms with Crippen LogP contribution < -0.4 is 13.7 Å². The smallest absolute Gasteiger partial charge is 0.200 e. The topological polar surface area (TPSA) is 11.6 Å². The molecule has 0 N–H and O–H groups in total.